The van der Waals surface area contributed by atoms with E-state index < -0.39 is 35.8 Å². The number of nitrogens with zero attached hydrogens (tertiary/aromatic N) is 3. The first kappa shape index (κ1) is 28.2. The van der Waals surface area contributed by atoms with E-state index in [9.17, 15) is 27.6 Å². The molecule has 0 fully saturated rings. The molecule has 2 N–H and O–H groups in total. The van der Waals surface area contributed by atoms with Crippen molar-refractivity contribution in [3.8, 4) is 0 Å². The number of carbonyl (C=O) groups excluding carboxylic acids is 3. The molecule has 2 aromatic carbocycles. The molecule has 0 aliphatic carbocycles. The average Bonchev–Trinajstić information content (AvgIpc) is 3.23. The molecule has 0 unspecified atom stereocenters. The largest absolute Gasteiger partial charge is 0.416 e. The minimum Gasteiger partial charge on any atom is -0.353 e. The number of alkyl halides is 3. The van der Waals surface area contributed by atoms with Gasteiger partial charge in [0, 0.05) is 26.1 Å². The van der Waals surface area contributed by atoms with Gasteiger partial charge in [-0.25, -0.2) is 4.79 Å². The summed E-state index contributed by atoms with van der Waals surface area (Å²) in [5.41, 5.74) is 0.0376. The molecule has 2 atom stereocenters. The smallest absolute Gasteiger partial charge is 0.353 e. The summed E-state index contributed by atoms with van der Waals surface area (Å²) in [7, 11) is 3.75. The third kappa shape index (κ3) is 5.93. The van der Waals surface area contributed by atoms with Crippen LogP contribution >= 0.6 is 0 Å². The summed E-state index contributed by atoms with van der Waals surface area (Å²) in [6, 6.07) is 11.3. The van der Waals surface area contributed by atoms with E-state index >= 15 is 0 Å². The van der Waals surface area contributed by atoms with Crippen LogP contribution in [0.1, 0.15) is 29.7 Å². The molecule has 2 aliphatic heterocycles. The molecule has 0 aromatic heterocycles. The van der Waals surface area contributed by atoms with Crippen molar-refractivity contribution in [1.82, 2.24) is 25.3 Å². The van der Waals surface area contributed by atoms with Gasteiger partial charge in [0.15, 0.2) is 0 Å². The van der Waals surface area contributed by atoms with E-state index in [1.807, 2.05) is 49.3 Å². The second-order valence-corrected chi connectivity index (χ2v) is 9.81. The molecule has 0 saturated heterocycles. The summed E-state index contributed by atoms with van der Waals surface area (Å²) >= 11 is 0. The van der Waals surface area contributed by atoms with Gasteiger partial charge in [0.1, 0.15) is 6.04 Å². The highest BCUT2D eigenvalue weighted by Gasteiger charge is 2.48. The van der Waals surface area contributed by atoms with Crippen LogP contribution in [-0.2, 0) is 22.2 Å². The van der Waals surface area contributed by atoms with Gasteiger partial charge in [0.2, 0.25) is 5.91 Å². The van der Waals surface area contributed by atoms with Crippen LogP contribution in [0, 0.1) is 0 Å². The SMILES string of the molecule is CCN1C(=O)N[C@H](c2ccccc2C(F)(F)F)C2=C1CN([C@@H](Cc1ccccc1)C(=O)NCCN(C)C)C2=O. The van der Waals surface area contributed by atoms with E-state index in [4.69, 9.17) is 0 Å². The average molecular weight is 544 g/mol. The highest BCUT2D eigenvalue weighted by Crippen LogP contribution is 2.42. The Balaban J connectivity index is 1.73. The fourth-order valence-electron chi connectivity index (χ4n) is 5.04. The van der Waals surface area contributed by atoms with Crippen molar-refractivity contribution >= 4 is 17.8 Å². The number of hydrogen-bond acceptors (Lipinski definition) is 4. The van der Waals surface area contributed by atoms with E-state index in [0.717, 1.165) is 11.6 Å². The van der Waals surface area contributed by atoms with Crippen LogP contribution in [-0.4, -0.2) is 78.9 Å². The second-order valence-electron chi connectivity index (χ2n) is 9.81. The predicted octanol–water partition coefficient (Wildman–Crippen LogP) is 3.18. The van der Waals surface area contributed by atoms with E-state index in [-0.39, 0.29) is 36.6 Å². The Morgan fingerprint density at radius 3 is 2.41 bits per heavy atom. The molecule has 4 amide bonds. The van der Waals surface area contributed by atoms with Crippen molar-refractivity contribution in [3.05, 3.63) is 82.6 Å². The van der Waals surface area contributed by atoms with Crippen LogP contribution in [0.3, 0.4) is 0 Å². The van der Waals surface area contributed by atoms with Crippen LogP contribution in [0.4, 0.5) is 18.0 Å². The maximum atomic E-state index is 14.0. The van der Waals surface area contributed by atoms with Crippen molar-refractivity contribution in [1.29, 1.82) is 0 Å². The Morgan fingerprint density at radius 1 is 1.10 bits per heavy atom. The van der Waals surface area contributed by atoms with Gasteiger partial charge >= 0.3 is 12.2 Å². The lowest BCUT2D eigenvalue weighted by molar-refractivity contribution is -0.138. The Kier molecular flexibility index (Phi) is 8.29. The van der Waals surface area contributed by atoms with E-state index in [1.54, 1.807) is 6.92 Å². The first-order chi connectivity index (χ1) is 18.5. The summed E-state index contributed by atoms with van der Waals surface area (Å²) in [5.74, 6) is -0.947. The summed E-state index contributed by atoms with van der Waals surface area (Å²) in [5, 5.41) is 5.49. The first-order valence-electron chi connectivity index (χ1n) is 12.8. The molecule has 11 heteroatoms. The van der Waals surface area contributed by atoms with Crippen LogP contribution in [0.25, 0.3) is 0 Å². The third-order valence-corrected chi connectivity index (χ3v) is 6.95. The van der Waals surface area contributed by atoms with E-state index in [0.29, 0.717) is 18.8 Å². The van der Waals surface area contributed by atoms with Crippen LogP contribution < -0.4 is 10.6 Å². The molecular formula is C28H32F3N5O3. The van der Waals surface area contributed by atoms with Crippen molar-refractivity contribution in [2.75, 3.05) is 40.3 Å². The van der Waals surface area contributed by atoms with E-state index in [2.05, 4.69) is 10.6 Å². The minimum atomic E-state index is -4.69. The van der Waals surface area contributed by atoms with Crippen molar-refractivity contribution in [2.45, 2.75) is 31.6 Å². The van der Waals surface area contributed by atoms with Crippen LogP contribution in [0.5, 0.6) is 0 Å². The first-order valence-corrected chi connectivity index (χ1v) is 12.8. The Morgan fingerprint density at radius 2 is 1.77 bits per heavy atom. The Hall–Kier alpha value is -3.86. The molecule has 2 aromatic rings. The molecule has 208 valence electrons. The summed E-state index contributed by atoms with van der Waals surface area (Å²) in [6.45, 7) is 2.80. The standard InChI is InChI=1S/C28H32F3N5O3/c1-4-35-22-17-36(21(16-18-10-6-5-7-11-18)25(37)32-14-15-34(2)3)26(38)23(22)24(33-27(35)39)19-12-8-9-13-20(19)28(29,30)31/h5-13,21,24H,4,14-17H2,1-3H3,(H,32,37)(H,33,39)/t21-,24+/m0/s1. The number of urea groups is 1. The summed E-state index contributed by atoms with van der Waals surface area (Å²) in [6.07, 6.45) is -4.48. The molecule has 0 saturated carbocycles. The van der Waals surface area contributed by atoms with Crippen LogP contribution in [0.15, 0.2) is 65.9 Å². The van der Waals surface area contributed by atoms with Gasteiger partial charge in [-0.3, -0.25) is 14.5 Å². The molecule has 0 bridgehead atoms. The molecule has 0 radical (unpaired) electrons. The molecule has 8 nitrogen and oxygen atoms in total. The summed E-state index contributed by atoms with van der Waals surface area (Å²) < 4.78 is 41.8. The highest BCUT2D eigenvalue weighted by molar-refractivity contribution is 6.03. The maximum Gasteiger partial charge on any atom is 0.416 e. The number of halogens is 3. The maximum absolute atomic E-state index is 14.0. The Labute approximate surface area is 225 Å². The number of likely N-dealkylation sites (N-methyl/N-ethyl adjacent to an activating group) is 2. The number of nitrogens with one attached hydrogen (secondary N) is 2. The molecule has 2 heterocycles. The van der Waals surface area contributed by atoms with Gasteiger partial charge in [-0.1, -0.05) is 48.5 Å². The fraction of sp³-hybridized carbons (Fsp3) is 0.393. The zero-order valence-electron chi connectivity index (χ0n) is 22.1. The van der Waals surface area contributed by atoms with Crippen LogP contribution in [0.2, 0.25) is 0 Å². The lowest BCUT2D eigenvalue weighted by Crippen LogP contribution is -2.50. The zero-order chi connectivity index (χ0) is 28.3. The summed E-state index contributed by atoms with van der Waals surface area (Å²) in [4.78, 5) is 45.1. The van der Waals surface area contributed by atoms with Crippen molar-refractivity contribution < 1.29 is 27.6 Å². The van der Waals surface area contributed by atoms with Gasteiger partial charge in [0.25, 0.3) is 5.91 Å². The number of amides is 4. The van der Waals surface area contributed by atoms with Gasteiger partial charge in [-0.2, -0.15) is 13.2 Å². The topological polar surface area (TPSA) is 85.0 Å². The molecule has 39 heavy (non-hydrogen) atoms. The number of hydrogen-bond donors (Lipinski definition) is 2. The van der Waals surface area contributed by atoms with E-state index in [1.165, 1.54) is 28.0 Å². The monoisotopic (exact) mass is 543 g/mol. The van der Waals surface area contributed by atoms with Crippen molar-refractivity contribution in [2.24, 2.45) is 0 Å². The minimum absolute atomic E-state index is 0.0484. The zero-order valence-corrected chi connectivity index (χ0v) is 22.1. The number of benzene rings is 2. The fourth-order valence-corrected chi connectivity index (χ4v) is 5.04. The number of rotatable bonds is 9. The van der Waals surface area contributed by atoms with Gasteiger partial charge in [0.05, 0.1) is 29.4 Å². The lowest BCUT2D eigenvalue weighted by Gasteiger charge is -2.33. The normalized spacial score (nSPS) is 18.4. The Bertz CT molecular complexity index is 1260. The third-order valence-electron chi connectivity index (χ3n) is 6.95. The van der Waals surface area contributed by atoms with Crippen molar-refractivity contribution in [3.63, 3.8) is 0 Å². The quantitative estimate of drug-likeness (QED) is 0.509. The van der Waals surface area contributed by atoms with Gasteiger partial charge < -0.3 is 20.4 Å². The molecule has 4 rings (SSSR count). The van der Waals surface area contributed by atoms with Gasteiger partial charge in [-0.15, -0.1) is 0 Å². The highest BCUT2D eigenvalue weighted by atomic mass is 19.4. The molecular weight excluding hydrogens is 511 g/mol. The second kappa shape index (κ2) is 11.5. The predicted molar refractivity (Wildman–Crippen MR) is 139 cm³/mol. The lowest BCUT2D eigenvalue weighted by atomic mass is 9.91. The molecule has 2 aliphatic rings. The van der Waals surface area contributed by atoms with Gasteiger partial charge in [-0.05, 0) is 38.2 Å². The molecule has 0 spiro atoms. The number of carbonyl (C=O) groups is 3.